The number of phenolic OH excluding ortho intramolecular Hbond substituents is 3. The number of carbonyl (C=O) groups excluding carboxylic acids is 3. The second-order valence-electron chi connectivity index (χ2n) is 33.8. The summed E-state index contributed by atoms with van der Waals surface area (Å²) in [5.74, 6) is -7.36. The van der Waals surface area contributed by atoms with Crippen LogP contribution in [0.3, 0.4) is 0 Å². The van der Waals surface area contributed by atoms with Gasteiger partial charge in [0.05, 0.1) is 48.6 Å². The van der Waals surface area contributed by atoms with E-state index in [1.165, 1.54) is 55.1 Å². The van der Waals surface area contributed by atoms with Crippen molar-refractivity contribution in [1.82, 2.24) is 72.8 Å². The summed E-state index contributed by atoms with van der Waals surface area (Å²) >= 11 is 6.08. The number of nitrogens with zero attached hydrogens (tertiary/aromatic N) is 19. The molecule has 3 amide bonds. The fourth-order valence-electron chi connectivity index (χ4n) is 15.9. The van der Waals surface area contributed by atoms with Gasteiger partial charge in [0.25, 0.3) is 22.2 Å². The van der Waals surface area contributed by atoms with Crippen molar-refractivity contribution in [2.45, 2.75) is 104 Å². The number of aryl methyl sites for hydroxylation is 1. The van der Waals surface area contributed by atoms with Crippen molar-refractivity contribution in [1.29, 1.82) is 0 Å². The Bertz CT molecular complexity index is 7040. The fourth-order valence-corrected chi connectivity index (χ4v) is 16.0. The molecule has 4 saturated heterocycles. The number of amides is 3. The minimum absolute atomic E-state index is 0.00921. The average Bonchev–Trinajstić information content (AvgIpc) is 0.751. The second kappa shape index (κ2) is 40.4. The molecule has 8 aromatic heterocycles. The number of para-hydroxylation sites is 4. The molecule has 0 spiro atoms. The van der Waals surface area contributed by atoms with Gasteiger partial charge in [-0.05, 0) is 158 Å². The SMILES string of the molecule is C=CC(=O)N1CCN(c2nc(OC)nc3c(=O)n(-c4c(O)cccc4F)c(C(F)(F)F)cc23)CC1.COc1nc(N2CCCCC2)c2cc(C(F)(F)F)n(-c3c(O)cccc3F)c(=O)c2n1.COc1nc(N2CCN(C(=O)OC(C)(C)C)CC2)c2cc(C(F)(F)F)n(-c3c(O)cccc3F)c(=O)c2n1.Cc1cccc(F)c1-n1c(C(F)(F)F)cc2c(N3CCN(C(=O)OC(C)(C)C)CC3)nc(Cl)nc2c1=O. The zero-order valence-corrected chi connectivity index (χ0v) is 77.0. The number of piperidine rings is 1. The van der Waals surface area contributed by atoms with E-state index >= 15 is 0 Å². The maximum atomic E-state index is 14.7. The number of carbonyl (C=O) groups is 3. The van der Waals surface area contributed by atoms with Gasteiger partial charge in [0.2, 0.25) is 11.2 Å². The van der Waals surface area contributed by atoms with Gasteiger partial charge in [0, 0.05) is 91.6 Å². The number of alkyl halides is 12. The maximum absolute atomic E-state index is 14.7. The minimum Gasteiger partial charge on any atom is -0.506 e. The maximum Gasteiger partial charge on any atom is 0.431 e. The lowest BCUT2D eigenvalue weighted by Crippen LogP contribution is -2.50. The highest BCUT2D eigenvalue weighted by Crippen LogP contribution is 2.44. The van der Waals surface area contributed by atoms with E-state index in [1.807, 2.05) is 0 Å². The molecule has 3 N–H and O–H groups in total. The molecule has 4 aromatic carbocycles. The van der Waals surface area contributed by atoms with Crippen LogP contribution in [0.5, 0.6) is 35.3 Å². The molecular formula is C90H86ClF16N19O15. The van der Waals surface area contributed by atoms with Crippen LogP contribution >= 0.6 is 11.6 Å². The third-order valence-electron chi connectivity index (χ3n) is 22.2. The second-order valence-corrected chi connectivity index (χ2v) is 34.2. The number of aromatic nitrogens is 12. The number of hydrogen-bond donors (Lipinski definition) is 3. The lowest BCUT2D eigenvalue weighted by atomic mass is 10.1. The summed E-state index contributed by atoms with van der Waals surface area (Å²) in [6.45, 7) is 18.7. The first-order valence-corrected chi connectivity index (χ1v) is 43.1. The molecule has 4 fully saturated rings. The topological polar surface area (TPSA) is 372 Å². The lowest BCUT2D eigenvalue weighted by Gasteiger charge is -2.36. The fraction of sp³-hybridized carbons (Fsp3) is 0.367. The molecule has 34 nitrogen and oxygen atoms in total. The van der Waals surface area contributed by atoms with Crippen LogP contribution in [0.15, 0.2) is 129 Å². The number of ether oxygens (including phenoxy) is 5. The Hall–Kier alpha value is -15.0. The van der Waals surface area contributed by atoms with Gasteiger partial charge in [-0.15, -0.1) is 0 Å². The smallest absolute Gasteiger partial charge is 0.431 e. The van der Waals surface area contributed by atoms with Gasteiger partial charge in [-0.25, -0.2) is 32.1 Å². The molecule has 0 saturated carbocycles. The first kappa shape index (κ1) is 103. The van der Waals surface area contributed by atoms with E-state index < -0.39 is 167 Å². The molecule has 141 heavy (non-hydrogen) atoms. The summed E-state index contributed by atoms with van der Waals surface area (Å²) in [4.78, 5) is 134. The van der Waals surface area contributed by atoms with E-state index in [0.717, 1.165) is 92.1 Å². The highest BCUT2D eigenvalue weighted by Gasteiger charge is 2.45. The van der Waals surface area contributed by atoms with Gasteiger partial charge in [-0.3, -0.25) is 42.2 Å². The highest BCUT2D eigenvalue weighted by molar-refractivity contribution is 6.29. The summed E-state index contributed by atoms with van der Waals surface area (Å²) in [5, 5.41) is 29.2. The number of hydrogen-bond acceptors (Lipinski definition) is 27. The van der Waals surface area contributed by atoms with E-state index in [1.54, 1.807) is 61.1 Å². The molecule has 16 rings (SSSR count). The molecule has 0 atom stereocenters. The van der Waals surface area contributed by atoms with Crippen LogP contribution in [-0.2, 0) is 39.0 Å². The number of methoxy groups -OCH3 is 3. The van der Waals surface area contributed by atoms with Crippen molar-refractivity contribution in [3.05, 3.63) is 208 Å². The summed E-state index contributed by atoms with van der Waals surface area (Å²) in [7, 11) is 3.71. The molecule has 4 aliphatic rings. The molecule has 4 aliphatic heterocycles. The zero-order chi connectivity index (χ0) is 103. The van der Waals surface area contributed by atoms with Crippen molar-refractivity contribution in [2.75, 3.05) is 133 Å². The molecular weight excluding hydrogens is 1930 g/mol. The Morgan fingerprint density at radius 1 is 0.369 bits per heavy atom. The third-order valence-corrected chi connectivity index (χ3v) is 22.4. The Balaban J connectivity index is 0.000000158. The van der Waals surface area contributed by atoms with Crippen LogP contribution in [0.25, 0.3) is 66.4 Å². The zero-order valence-electron chi connectivity index (χ0n) is 76.2. The number of aromatic hydroxyl groups is 3. The van der Waals surface area contributed by atoms with Gasteiger partial charge in [0.1, 0.15) is 119 Å². The highest BCUT2D eigenvalue weighted by atomic mass is 35.5. The molecule has 750 valence electrons. The summed E-state index contributed by atoms with van der Waals surface area (Å²) in [6, 6.07) is 14.4. The lowest BCUT2D eigenvalue weighted by molar-refractivity contribution is -0.143. The van der Waals surface area contributed by atoms with Crippen molar-refractivity contribution in [3.8, 4) is 58.0 Å². The molecule has 12 heterocycles. The van der Waals surface area contributed by atoms with Crippen molar-refractivity contribution >= 4 is 96.6 Å². The Morgan fingerprint density at radius 2 is 0.631 bits per heavy atom. The largest absolute Gasteiger partial charge is 0.506 e. The molecule has 12 aromatic rings. The van der Waals surface area contributed by atoms with E-state index in [9.17, 15) is 119 Å². The van der Waals surface area contributed by atoms with Gasteiger partial charge >= 0.3 is 54.9 Å². The molecule has 0 aliphatic carbocycles. The monoisotopic (exact) mass is 2010 g/mol. The summed E-state index contributed by atoms with van der Waals surface area (Å²) < 4.78 is 254. The van der Waals surface area contributed by atoms with Crippen LogP contribution < -0.4 is 56.0 Å². The number of benzene rings is 4. The van der Waals surface area contributed by atoms with Crippen LogP contribution in [0, 0.1) is 30.2 Å². The first-order chi connectivity index (χ1) is 66.2. The number of fused-ring (bicyclic) bond motifs is 4. The van der Waals surface area contributed by atoms with E-state index in [0.29, 0.717) is 31.3 Å². The van der Waals surface area contributed by atoms with Crippen LogP contribution in [0.4, 0.5) is 103 Å². The predicted octanol–water partition coefficient (Wildman–Crippen LogP) is 14.8. The van der Waals surface area contributed by atoms with Gasteiger partial charge in [-0.1, -0.05) is 36.9 Å². The van der Waals surface area contributed by atoms with Gasteiger partial charge in [-0.2, -0.15) is 87.6 Å². The van der Waals surface area contributed by atoms with Crippen molar-refractivity contribution in [3.63, 3.8) is 0 Å². The Kier molecular flexibility index (Phi) is 29.6. The number of rotatable bonds is 12. The number of anilines is 4. The number of phenols is 3. The first-order valence-electron chi connectivity index (χ1n) is 42.7. The molecule has 51 heteroatoms. The van der Waals surface area contributed by atoms with Crippen molar-refractivity contribution in [2.24, 2.45) is 0 Å². The summed E-state index contributed by atoms with van der Waals surface area (Å²) in [6.07, 6.45) is -17.5. The molecule has 0 radical (unpaired) electrons. The van der Waals surface area contributed by atoms with Crippen LogP contribution in [0.2, 0.25) is 5.28 Å². The van der Waals surface area contributed by atoms with Crippen molar-refractivity contribution < 1.29 is 124 Å². The number of pyridine rings is 4. The standard InChI is InChI=1S/C24H24ClF4N5O3.C24H25F4N5O5.C22H19F4N5O4.C20H18F4N4O3/c1-13-6-5-7-15(26)18(13)34-16(24(27,28)29)12-14-17(20(34)35)30-21(25)31-19(14)32-8-10-33(11-9-32)22(36)37-23(2,3)4;1-23(2,3)38-22(36)32-10-8-31(9-11-32)19-13-12-16(24(26,27)28)33(18-14(25)6-5-7-15(18)34)20(35)17(13)29-21(30-19)37-4;1-3-16(33)29-7-9-30(10-8-29)19-12-11-15(22(24,25)26)31(18-13(23)5-4-6-14(18)32)20(34)17(12)27-21(28-19)35-2;1-31-19-25-15-11(17(26-19)27-8-3-2-4-9-27)10-14(20(22,23)24)28(18(15)30)16-12(21)6-5-7-13(16)29/h5-7,12H,8-11H2,1-4H3;5-7,12,34H,8-11H2,1-4H3;3-6,11,32H,1,7-10H2,2H3;5-7,10,29H,2-4,8-9H2,1H3. The Labute approximate surface area is 792 Å². The van der Waals surface area contributed by atoms with Gasteiger partial charge in [0.15, 0.2) is 17.5 Å². The quantitative estimate of drug-likeness (QED) is 0.0581. The minimum atomic E-state index is -5.12. The van der Waals surface area contributed by atoms with Gasteiger partial charge < -0.3 is 73.3 Å². The third kappa shape index (κ3) is 22.0. The van der Waals surface area contributed by atoms with E-state index in [-0.39, 0.29) is 187 Å². The normalized spacial score (nSPS) is 14.6. The molecule has 0 unspecified atom stereocenters. The summed E-state index contributed by atoms with van der Waals surface area (Å²) in [5.41, 5.74) is -17.3. The van der Waals surface area contributed by atoms with E-state index in [4.69, 9.17) is 35.3 Å². The molecule has 0 bridgehead atoms. The number of halogens is 17. The van der Waals surface area contributed by atoms with Crippen LogP contribution in [0.1, 0.15) is 89.1 Å². The van der Waals surface area contributed by atoms with E-state index in [2.05, 4.69) is 46.5 Å². The van der Waals surface area contributed by atoms with Crippen LogP contribution in [-0.4, -0.2) is 230 Å². The number of piperazine rings is 3. The Morgan fingerprint density at radius 3 is 0.901 bits per heavy atom. The average molecular weight is 2010 g/mol. The predicted molar refractivity (Wildman–Crippen MR) is 480 cm³/mol.